The van der Waals surface area contributed by atoms with Crippen LogP contribution in [0.4, 0.5) is 23.2 Å². The number of nitrogens with one attached hydrogen (secondary N) is 1. The van der Waals surface area contributed by atoms with E-state index in [1.165, 1.54) is 0 Å². The van der Waals surface area contributed by atoms with E-state index < -0.39 is 47.3 Å². The van der Waals surface area contributed by atoms with Crippen molar-refractivity contribution in [3.05, 3.63) is 65.2 Å². The molecule has 0 atom stereocenters. The molecule has 120 valence electrons. The van der Waals surface area contributed by atoms with Crippen molar-refractivity contribution in [3.8, 4) is 0 Å². The summed E-state index contributed by atoms with van der Waals surface area (Å²) in [5.41, 5.74) is -0.440. The molecule has 0 aliphatic rings. The van der Waals surface area contributed by atoms with Crippen molar-refractivity contribution in [2.45, 2.75) is 0 Å². The van der Waals surface area contributed by atoms with Gasteiger partial charge in [-0.2, -0.15) is 0 Å². The van der Waals surface area contributed by atoms with E-state index in [-0.39, 0.29) is 5.69 Å². The maximum Gasteiger partial charge on any atom is 0.338 e. The van der Waals surface area contributed by atoms with Crippen LogP contribution in [-0.4, -0.2) is 18.5 Å². The van der Waals surface area contributed by atoms with E-state index in [9.17, 15) is 27.2 Å². The molecule has 1 amide bonds. The van der Waals surface area contributed by atoms with E-state index in [4.69, 9.17) is 0 Å². The molecule has 4 nitrogen and oxygen atoms in total. The van der Waals surface area contributed by atoms with Crippen LogP contribution < -0.4 is 5.32 Å². The van der Waals surface area contributed by atoms with Gasteiger partial charge < -0.3 is 10.1 Å². The third-order valence-corrected chi connectivity index (χ3v) is 2.64. The van der Waals surface area contributed by atoms with Crippen molar-refractivity contribution in [2.24, 2.45) is 0 Å². The van der Waals surface area contributed by atoms with Crippen LogP contribution in [0.1, 0.15) is 10.4 Å². The topological polar surface area (TPSA) is 55.4 Å². The quantitative estimate of drug-likeness (QED) is 0.694. The molecule has 2 aromatic rings. The third-order valence-electron chi connectivity index (χ3n) is 2.64. The second kappa shape index (κ2) is 6.91. The Balaban J connectivity index is 1.93. The van der Waals surface area contributed by atoms with Gasteiger partial charge in [-0.3, -0.25) is 4.79 Å². The first-order valence-corrected chi connectivity index (χ1v) is 6.23. The zero-order chi connectivity index (χ0) is 17.0. The van der Waals surface area contributed by atoms with Crippen LogP contribution in [0.2, 0.25) is 0 Å². The van der Waals surface area contributed by atoms with Gasteiger partial charge in [-0.15, -0.1) is 0 Å². The average molecular weight is 327 g/mol. The van der Waals surface area contributed by atoms with Gasteiger partial charge in [0.15, 0.2) is 18.2 Å². The molecule has 0 fully saturated rings. The average Bonchev–Trinajstić information content (AvgIpc) is 2.47. The lowest BCUT2D eigenvalue weighted by molar-refractivity contribution is -0.119. The summed E-state index contributed by atoms with van der Waals surface area (Å²) < 4.78 is 56.2. The SMILES string of the molecule is O=C(COC(=O)c1cc(F)cc(F)c1)Nc1ccc(F)c(F)c1. The summed E-state index contributed by atoms with van der Waals surface area (Å²) in [6.07, 6.45) is 0. The van der Waals surface area contributed by atoms with E-state index in [2.05, 4.69) is 10.1 Å². The molecule has 0 spiro atoms. The molecule has 0 aromatic heterocycles. The molecule has 0 bridgehead atoms. The van der Waals surface area contributed by atoms with Crippen LogP contribution >= 0.6 is 0 Å². The Kier molecular flexibility index (Phi) is 4.95. The molecule has 23 heavy (non-hydrogen) atoms. The number of halogens is 4. The van der Waals surface area contributed by atoms with Gasteiger partial charge in [-0.25, -0.2) is 22.4 Å². The molecule has 2 aromatic carbocycles. The highest BCUT2D eigenvalue weighted by Crippen LogP contribution is 2.13. The van der Waals surface area contributed by atoms with Gasteiger partial charge in [-0.1, -0.05) is 0 Å². The number of esters is 1. The second-order valence-electron chi connectivity index (χ2n) is 4.41. The Morgan fingerprint density at radius 1 is 0.913 bits per heavy atom. The van der Waals surface area contributed by atoms with Crippen LogP contribution in [-0.2, 0) is 9.53 Å². The van der Waals surface area contributed by atoms with Gasteiger partial charge in [0.2, 0.25) is 0 Å². The van der Waals surface area contributed by atoms with E-state index in [0.29, 0.717) is 6.07 Å². The lowest BCUT2D eigenvalue weighted by atomic mass is 10.2. The van der Waals surface area contributed by atoms with Crippen LogP contribution in [0.25, 0.3) is 0 Å². The molecule has 8 heteroatoms. The number of hydrogen-bond donors (Lipinski definition) is 1. The van der Waals surface area contributed by atoms with E-state index in [1.54, 1.807) is 0 Å². The molecule has 0 heterocycles. The molecule has 1 N–H and O–H groups in total. The van der Waals surface area contributed by atoms with Gasteiger partial charge >= 0.3 is 5.97 Å². The normalized spacial score (nSPS) is 10.3. The zero-order valence-electron chi connectivity index (χ0n) is 11.4. The Morgan fingerprint density at radius 2 is 1.57 bits per heavy atom. The van der Waals surface area contributed by atoms with Crippen LogP contribution in [0.15, 0.2) is 36.4 Å². The lowest BCUT2D eigenvalue weighted by Gasteiger charge is -2.07. The number of amides is 1. The molecule has 0 saturated carbocycles. The number of anilines is 1. The van der Waals surface area contributed by atoms with Gasteiger partial charge in [0.1, 0.15) is 11.6 Å². The molecule has 0 radical (unpaired) electrons. The van der Waals surface area contributed by atoms with Crippen LogP contribution in [0.5, 0.6) is 0 Å². The molecule has 2 rings (SSSR count). The van der Waals surface area contributed by atoms with Crippen LogP contribution in [0, 0.1) is 23.3 Å². The summed E-state index contributed by atoms with van der Waals surface area (Å²) in [5, 5.41) is 2.17. The van der Waals surface area contributed by atoms with Gasteiger partial charge in [-0.05, 0) is 24.3 Å². The zero-order valence-corrected chi connectivity index (χ0v) is 11.4. The van der Waals surface area contributed by atoms with Crippen molar-refractivity contribution in [2.75, 3.05) is 11.9 Å². The summed E-state index contributed by atoms with van der Waals surface area (Å²) >= 11 is 0. The van der Waals surface area contributed by atoms with E-state index in [1.807, 2.05) is 0 Å². The predicted molar refractivity (Wildman–Crippen MR) is 71.6 cm³/mol. The predicted octanol–water partition coefficient (Wildman–Crippen LogP) is 3.04. The summed E-state index contributed by atoms with van der Waals surface area (Å²) in [7, 11) is 0. The Labute approximate surface area is 127 Å². The number of rotatable bonds is 4. The summed E-state index contributed by atoms with van der Waals surface area (Å²) in [5.74, 6) is -6.12. The van der Waals surface area contributed by atoms with Crippen molar-refractivity contribution < 1.29 is 31.9 Å². The fraction of sp³-hybridized carbons (Fsp3) is 0.0667. The molecule has 0 aliphatic heterocycles. The molecular weight excluding hydrogens is 318 g/mol. The number of benzene rings is 2. The summed E-state index contributed by atoms with van der Waals surface area (Å²) in [6.45, 7) is -0.768. The van der Waals surface area contributed by atoms with Crippen LogP contribution in [0.3, 0.4) is 0 Å². The second-order valence-corrected chi connectivity index (χ2v) is 4.41. The highest BCUT2D eigenvalue weighted by atomic mass is 19.2. The van der Waals surface area contributed by atoms with E-state index in [0.717, 1.165) is 30.3 Å². The standard InChI is InChI=1S/C15H9F4NO3/c16-9-3-8(4-10(17)5-9)15(22)23-7-14(21)20-11-1-2-12(18)13(19)6-11/h1-6H,7H2,(H,20,21). The first-order valence-electron chi connectivity index (χ1n) is 6.23. The molecule has 0 saturated heterocycles. The van der Waals surface area contributed by atoms with E-state index >= 15 is 0 Å². The number of carbonyl (C=O) groups excluding carboxylic acids is 2. The monoisotopic (exact) mass is 327 g/mol. The van der Waals surface area contributed by atoms with Crippen molar-refractivity contribution in [1.82, 2.24) is 0 Å². The van der Waals surface area contributed by atoms with Gasteiger partial charge in [0.05, 0.1) is 5.56 Å². The number of carbonyl (C=O) groups is 2. The molecule has 0 unspecified atom stereocenters. The number of ether oxygens (including phenoxy) is 1. The smallest absolute Gasteiger partial charge is 0.338 e. The first kappa shape index (κ1) is 16.5. The minimum atomic E-state index is -1.16. The molecule has 0 aliphatic carbocycles. The number of hydrogen-bond acceptors (Lipinski definition) is 3. The highest BCUT2D eigenvalue weighted by Gasteiger charge is 2.13. The van der Waals surface area contributed by atoms with Gasteiger partial charge in [0, 0.05) is 17.8 Å². The van der Waals surface area contributed by atoms with Crippen molar-refractivity contribution >= 4 is 17.6 Å². The minimum Gasteiger partial charge on any atom is -0.452 e. The highest BCUT2D eigenvalue weighted by molar-refractivity contribution is 5.95. The summed E-state index contributed by atoms with van der Waals surface area (Å²) in [6, 6.07) is 4.74. The Morgan fingerprint density at radius 3 is 2.17 bits per heavy atom. The summed E-state index contributed by atoms with van der Waals surface area (Å²) in [4.78, 5) is 23.1. The minimum absolute atomic E-state index is 0.0400. The molecular formula is C15H9F4NO3. The fourth-order valence-electron chi connectivity index (χ4n) is 1.66. The first-order chi connectivity index (χ1) is 10.8. The lowest BCUT2D eigenvalue weighted by Crippen LogP contribution is -2.21. The van der Waals surface area contributed by atoms with Crippen molar-refractivity contribution in [3.63, 3.8) is 0 Å². The fourth-order valence-corrected chi connectivity index (χ4v) is 1.66. The Hall–Kier alpha value is -2.90. The van der Waals surface area contributed by atoms with Gasteiger partial charge in [0.25, 0.3) is 5.91 Å². The Bertz CT molecular complexity index is 744. The third kappa shape index (κ3) is 4.53. The maximum atomic E-state index is 13.0. The largest absolute Gasteiger partial charge is 0.452 e. The maximum absolute atomic E-state index is 13.0. The van der Waals surface area contributed by atoms with Crippen molar-refractivity contribution in [1.29, 1.82) is 0 Å².